The predicted octanol–water partition coefficient (Wildman–Crippen LogP) is 4.52. The maximum atomic E-state index is 12.9. The molecule has 1 aromatic carbocycles. The highest BCUT2D eigenvalue weighted by atomic mass is 32.2. The minimum atomic E-state index is -0.853. The zero-order valence-corrected chi connectivity index (χ0v) is 19.7. The van der Waals surface area contributed by atoms with Crippen molar-refractivity contribution in [3.05, 3.63) is 24.3 Å². The molecule has 0 aromatic heterocycles. The first-order chi connectivity index (χ1) is 14.9. The molecule has 6 nitrogen and oxygen atoms in total. The van der Waals surface area contributed by atoms with E-state index in [0.29, 0.717) is 27.3 Å². The van der Waals surface area contributed by atoms with E-state index in [9.17, 15) is 14.4 Å². The lowest BCUT2D eigenvalue weighted by molar-refractivity contribution is -0.159. The summed E-state index contributed by atoms with van der Waals surface area (Å²) in [5, 5.41) is 5.46. The lowest BCUT2D eigenvalue weighted by Gasteiger charge is -2.51. The Kier molecular flexibility index (Phi) is 6.86. The summed E-state index contributed by atoms with van der Waals surface area (Å²) in [6.07, 6.45) is 4.57. The molecular weight excluding hydrogens is 432 g/mol. The average molecular weight is 463 g/mol. The summed E-state index contributed by atoms with van der Waals surface area (Å²) in [7, 11) is 0. The van der Waals surface area contributed by atoms with E-state index in [0.717, 1.165) is 12.8 Å². The molecule has 168 valence electrons. The zero-order valence-electron chi connectivity index (χ0n) is 18.0. The van der Waals surface area contributed by atoms with Gasteiger partial charge in [0.1, 0.15) is 0 Å². The summed E-state index contributed by atoms with van der Waals surface area (Å²) in [5.74, 6) is 2.74. The minimum Gasteiger partial charge on any atom is -0.452 e. The van der Waals surface area contributed by atoms with Crippen LogP contribution in [0.25, 0.3) is 0 Å². The summed E-state index contributed by atoms with van der Waals surface area (Å²) in [4.78, 5) is 36.5. The topological polar surface area (TPSA) is 84.5 Å². The lowest BCUT2D eigenvalue weighted by atomic mass is 9.67. The molecule has 1 saturated heterocycles. The van der Waals surface area contributed by atoms with Crippen LogP contribution in [0.5, 0.6) is 0 Å². The number of hydrogen-bond acceptors (Lipinski definition) is 6. The van der Waals surface area contributed by atoms with Crippen molar-refractivity contribution in [1.29, 1.82) is 0 Å². The first-order valence-corrected chi connectivity index (χ1v) is 13.0. The Labute approximate surface area is 192 Å². The third-order valence-electron chi connectivity index (χ3n) is 6.59. The molecule has 3 fully saturated rings. The van der Waals surface area contributed by atoms with Gasteiger partial charge < -0.3 is 15.4 Å². The normalized spacial score (nSPS) is 27.4. The van der Waals surface area contributed by atoms with Crippen molar-refractivity contribution in [3.8, 4) is 0 Å². The summed E-state index contributed by atoms with van der Waals surface area (Å²) >= 11 is 4.24. The van der Waals surface area contributed by atoms with Crippen molar-refractivity contribution in [1.82, 2.24) is 0 Å². The molecule has 1 spiro atoms. The number of rotatable bonds is 5. The van der Waals surface area contributed by atoms with Gasteiger partial charge >= 0.3 is 5.97 Å². The van der Waals surface area contributed by atoms with Crippen molar-refractivity contribution >= 4 is 52.7 Å². The molecule has 2 amide bonds. The van der Waals surface area contributed by atoms with Gasteiger partial charge in [0.05, 0.1) is 10.00 Å². The number of ether oxygens (including phenoxy) is 1. The van der Waals surface area contributed by atoms with Crippen LogP contribution in [0.15, 0.2) is 24.3 Å². The highest BCUT2D eigenvalue weighted by Gasteiger charge is 2.55. The van der Waals surface area contributed by atoms with Crippen molar-refractivity contribution in [2.45, 2.75) is 56.1 Å². The van der Waals surface area contributed by atoms with Crippen LogP contribution in [0.2, 0.25) is 0 Å². The molecule has 1 heterocycles. The smallest absolute Gasteiger partial charge is 0.309 e. The second kappa shape index (κ2) is 9.45. The van der Waals surface area contributed by atoms with Crippen molar-refractivity contribution in [3.63, 3.8) is 0 Å². The van der Waals surface area contributed by atoms with Crippen LogP contribution in [0, 0.1) is 17.8 Å². The van der Waals surface area contributed by atoms with Gasteiger partial charge in [0.25, 0.3) is 5.91 Å². The first-order valence-electron chi connectivity index (χ1n) is 11.0. The maximum Gasteiger partial charge on any atom is 0.309 e. The molecule has 4 rings (SSSR count). The molecule has 2 aliphatic carbocycles. The fraction of sp³-hybridized carbons (Fsp3) is 0.609. The maximum absolute atomic E-state index is 12.9. The van der Waals surface area contributed by atoms with Gasteiger partial charge in [-0.1, -0.05) is 6.42 Å². The van der Waals surface area contributed by atoms with Gasteiger partial charge in [0, 0.05) is 29.8 Å². The second-order valence-corrected chi connectivity index (χ2v) is 11.7. The fourth-order valence-electron chi connectivity index (χ4n) is 5.21. The minimum absolute atomic E-state index is 0.102. The lowest BCUT2D eigenvalue weighted by Crippen LogP contribution is -2.48. The number of amides is 2. The molecule has 3 unspecified atom stereocenters. The third kappa shape index (κ3) is 4.90. The molecule has 2 bridgehead atoms. The monoisotopic (exact) mass is 462 g/mol. The number of benzene rings is 1. The SMILES string of the molecule is CC(=O)Nc1ccc(NC(=O)C(C)OC(=O)C2CC3CCCC(C2)C32SCCS2)cc1. The van der Waals surface area contributed by atoms with Gasteiger partial charge in [0.15, 0.2) is 6.10 Å². The Bertz CT molecular complexity index is 822. The molecule has 3 atom stereocenters. The molecule has 2 saturated carbocycles. The van der Waals surface area contributed by atoms with Gasteiger partial charge in [-0.05, 0) is 68.7 Å². The highest BCUT2D eigenvalue weighted by Crippen LogP contribution is 2.64. The molecule has 1 aliphatic heterocycles. The highest BCUT2D eigenvalue weighted by molar-refractivity contribution is 8.21. The Morgan fingerprint density at radius 3 is 2.10 bits per heavy atom. The van der Waals surface area contributed by atoms with E-state index in [1.165, 1.54) is 37.7 Å². The van der Waals surface area contributed by atoms with Crippen LogP contribution in [-0.2, 0) is 19.1 Å². The number of hydrogen-bond donors (Lipinski definition) is 2. The van der Waals surface area contributed by atoms with E-state index < -0.39 is 6.10 Å². The van der Waals surface area contributed by atoms with E-state index in [2.05, 4.69) is 34.2 Å². The van der Waals surface area contributed by atoms with E-state index in [1.807, 2.05) is 0 Å². The molecule has 8 heteroatoms. The molecule has 0 radical (unpaired) electrons. The van der Waals surface area contributed by atoms with Crippen LogP contribution in [-0.4, -0.2) is 39.5 Å². The summed E-state index contributed by atoms with van der Waals surface area (Å²) < 4.78 is 5.92. The summed E-state index contributed by atoms with van der Waals surface area (Å²) in [6.45, 7) is 3.06. The van der Waals surface area contributed by atoms with Gasteiger partial charge in [0.2, 0.25) is 5.91 Å². The number of thioether (sulfide) groups is 2. The van der Waals surface area contributed by atoms with Crippen molar-refractivity contribution in [2.24, 2.45) is 17.8 Å². The van der Waals surface area contributed by atoms with Crippen molar-refractivity contribution in [2.75, 3.05) is 22.1 Å². The number of esters is 1. The number of carbonyl (C=O) groups is 3. The van der Waals surface area contributed by atoms with E-state index in [1.54, 1.807) is 31.2 Å². The van der Waals surface area contributed by atoms with Crippen LogP contribution >= 0.6 is 23.5 Å². The summed E-state index contributed by atoms with van der Waals surface area (Å²) in [6, 6.07) is 6.83. The molecule has 2 N–H and O–H groups in total. The number of nitrogens with one attached hydrogen (secondary N) is 2. The molecule has 31 heavy (non-hydrogen) atoms. The average Bonchev–Trinajstić information content (AvgIpc) is 3.18. The van der Waals surface area contributed by atoms with Gasteiger partial charge in [-0.15, -0.1) is 23.5 Å². The van der Waals surface area contributed by atoms with Gasteiger partial charge in [-0.3, -0.25) is 14.4 Å². The summed E-state index contributed by atoms with van der Waals surface area (Å²) in [5.41, 5.74) is 1.25. The zero-order chi connectivity index (χ0) is 22.0. The van der Waals surface area contributed by atoms with E-state index >= 15 is 0 Å². The fourth-order valence-corrected chi connectivity index (χ4v) is 9.15. The van der Waals surface area contributed by atoms with Crippen LogP contribution in [0.4, 0.5) is 11.4 Å². The van der Waals surface area contributed by atoms with Crippen molar-refractivity contribution < 1.29 is 19.1 Å². The predicted molar refractivity (Wildman–Crippen MR) is 126 cm³/mol. The number of anilines is 2. The van der Waals surface area contributed by atoms with Crippen LogP contribution in [0.3, 0.4) is 0 Å². The second-order valence-electron chi connectivity index (χ2n) is 8.74. The first kappa shape index (κ1) is 22.5. The van der Waals surface area contributed by atoms with Crippen LogP contribution in [0.1, 0.15) is 46.0 Å². The third-order valence-corrected chi connectivity index (χ3v) is 10.6. The van der Waals surface area contributed by atoms with Gasteiger partial charge in [-0.2, -0.15) is 0 Å². The Morgan fingerprint density at radius 2 is 1.55 bits per heavy atom. The Hall–Kier alpha value is -1.67. The molecule has 3 aliphatic rings. The number of carbonyl (C=O) groups excluding carboxylic acids is 3. The largest absolute Gasteiger partial charge is 0.452 e. The van der Waals surface area contributed by atoms with Crippen LogP contribution < -0.4 is 10.6 Å². The van der Waals surface area contributed by atoms with Gasteiger partial charge in [-0.25, -0.2) is 0 Å². The molecule has 1 aromatic rings. The quantitative estimate of drug-likeness (QED) is 0.626. The standard InChI is InChI=1S/C23H30N2O4S2/c1-14(21(27)25-20-8-6-19(7-9-20)24-15(2)26)29-22(28)16-12-17-4-3-5-18(13-16)23(17)30-10-11-31-23/h6-9,14,16-18H,3-5,10-13H2,1-2H3,(H,24,26)(H,25,27). The molecular formula is C23H30N2O4S2. The Balaban J connectivity index is 1.31. The van der Waals surface area contributed by atoms with E-state index in [4.69, 9.17) is 4.74 Å². The van der Waals surface area contributed by atoms with E-state index in [-0.39, 0.29) is 23.7 Å². The Morgan fingerprint density at radius 1 is 1.00 bits per heavy atom.